The van der Waals surface area contributed by atoms with E-state index >= 15 is 0 Å². The van der Waals surface area contributed by atoms with Crippen molar-refractivity contribution in [3.63, 3.8) is 0 Å². The molecule has 1 aromatic carbocycles. The number of hydrogen-bond donors (Lipinski definition) is 2. The summed E-state index contributed by atoms with van der Waals surface area (Å²) in [6.45, 7) is 3.58. The van der Waals surface area contributed by atoms with Crippen LogP contribution in [0.3, 0.4) is 0 Å². The second kappa shape index (κ2) is 14.6. The number of methoxy groups -OCH3 is 1. The second-order valence-corrected chi connectivity index (χ2v) is 11.5. The maximum atomic E-state index is 13.7. The van der Waals surface area contributed by atoms with Crippen LogP contribution in [0, 0.1) is 29.1 Å². The molecule has 3 aromatic rings. The van der Waals surface area contributed by atoms with Gasteiger partial charge in [0.05, 0.1) is 24.4 Å². The number of rotatable bonds is 14. The third-order valence-electron chi connectivity index (χ3n) is 7.84. The number of ketones is 3. The molecule has 10 nitrogen and oxygen atoms in total. The first-order valence-corrected chi connectivity index (χ1v) is 14.7. The van der Waals surface area contributed by atoms with Crippen LogP contribution in [0.5, 0.6) is 11.6 Å². The predicted molar refractivity (Wildman–Crippen MR) is 160 cm³/mol. The van der Waals surface area contributed by atoms with Gasteiger partial charge in [-0.05, 0) is 55.9 Å². The number of Topliss-reactive ketones (excluding diaryl/α,β-unsaturated/α-hetero) is 3. The van der Waals surface area contributed by atoms with E-state index in [0.717, 1.165) is 23.7 Å². The van der Waals surface area contributed by atoms with Gasteiger partial charge < -0.3 is 19.8 Å². The van der Waals surface area contributed by atoms with Crippen molar-refractivity contribution in [2.45, 2.75) is 64.8 Å². The molecule has 0 radical (unpaired) electrons. The number of benzene rings is 1. The molecule has 0 spiro atoms. The number of pyridine rings is 1. The van der Waals surface area contributed by atoms with Crippen molar-refractivity contribution in [1.82, 2.24) is 15.3 Å². The Morgan fingerprint density at radius 1 is 1.19 bits per heavy atom. The molecular formula is C33H38N4O6. The molecule has 3 atom stereocenters. The summed E-state index contributed by atoms with van der Waals surface area (Å²) in [5.41, 5.74) is 1.49. The first kappa shape index (κ1) is 31.4. The van der Waals surface area contributed by atoms with E-state index in [-0.39, 0.29) is 48.7 Å². The molecule has 2 N–H and O–H groups in total. The lowest BCUT2D eigenvalue weighted by atomic mass is 9.82. The Hall–Kier alpha value is -4.52. The Kier molecular flexibility index (Phi) is 10.7. The fourth-order valence-electron chi connectivity index (χ4n) is 5.57. The fraction of sp³-hybridized carbons (Fsp3) is 0.455. The summed E-state index contributed by atoms with van der Waals surface area (Å²) in [6, 6.07) is 11.3. The molecule has 10 heteroatoms. The van der Waals surface area contributed by atoms with E-state index in [9.17, 15) is 19.2 Å². The molecule has 1 saturated carbocycles. The lowest BCUT2D eigenvalue weighted by molar-refractivity contribution is -0.133. The average molecular weight is 587 g/mol. The van der Waals surface area contributed by atoms with E-state index in [1.807, 2.05) is 38.1 Å². The van der Waals surface area contributed by atoms with E-state index in [1.165, 1.54) is 18.3 Å². The average Bonchev–Trinajstić information content (AvgIpc) is 3.45. The van der Waals surface area contributed by atoms with Crippen molar-refractivity contribution in [2.24, 2.45) is 17.8 Å². The van der Waals surface area contributed by atoms with Crippen LogP contribution in [0.2, 0.25) is 0 Å². The minimum Gasteiger partial charge on any atom is -0.496 e. The number of carbonyl (C=O) groups excluding carboxylic acids is 4. The lowest BCUT2D eigenvalue weighted by Crippen LogP contribution is -2.47. The summed E-state index contributed by atoms with van der Waals surface area (Å²) < 4.78 is 11.0. The van der Waals surface area contributed by atoms with Crippen LogP contribution < -0.4 is 14.8 Å². The number of hydrogen-bond acceptors (Lipinski definition) is 8. The van der Waals surface area contributed by atoms with Gasteiger partial charge in [0.15, 0.2) is 18.2 Å². The van der Waals surface area contributed by atoms with Crippen LogP contribution in [0.15, 0.2) is 42.6 Å². The first-order chi connectivity index (χ1) is 20.7. The zero-order valence-corrected chi connectivity index (χ0v) is 24.9. The largest absolute Gasteiger partial charge is 0.496 e. The summed E-state index contributed by atoms with van der Waals surface area (Å²) in [6.07, 6.45) is 4.75. The number of H-pyrrole nitrogens is 1. The van der Waals surface area contributed by atoms with Gasteiger partial charge in [-0.2, -0.15) is 5.26 Å². The number of aromatic nitrogens is 2. The SMILES string of the molecule is COc1cccc2[nH]c(C(=O)C[C@@H](CC(C)C)C(=O)N[C@@H](C[C@@H]3CCCCC3=O)C(=O)COc3ccc(C#N)cn3)cc12. The minimum absolute atomic E-state index is 0.0475. The van der Waals surface area contributed by atoms with Gasteiger partial charge in [0.25, 0.3) is 0 Å². The van der Waals surface area contributed by atoms with Gasteiger partial charge in [0.1, 0.15) is 17.6 Å². The highest BCUT2D eigenvalue weighted by Crippen LogP contribution is 2.28. The van der Waals surface area contributed by atoms with Crippen molar-refractivity contribution < 1.29 is 28.7 Å². The summed E-state index contributed by atoms with van der Waals surface area (Å²) in [4.78, 5) is 60.3. The molecule has 1 amide bonds. The molecule has 0 unspecified atom stereocenters. The molecule has 1 aliphatic rings. The highest BCUT2D eigenvalue weighted by atomic mass is 16.5. The van der Waals surface area contributed by atoms with Gasteiger partial charge in [0.2, 0.25) is 11.8 Å². The first-order valence-electron chi connectivity index (χ1n) is 14.7. The minimum atomic E-state index is -0.958. The van der Waals surface area contributed by atoms with Crippen LogP contribution >= 0.6 is 0 Å². The lowest BCUT2D eigenvalue weighted by Gasteiger charge is -2.27. The Morgan fingerprint density at radius 2 is 2.00 bits per heavy atom. The summed E-state index contributed by atoms with van der Waals surface area (Å²) in [7, 11) is 1.57. The summed E-state index contributed by atoms with van der Waals surface area (Å²) >= 11 is 0. The third-order valence-corrected chi connectivity index (χ3v) is 7.84. The van der Waals surface area contributed by atoms with Crippen LogP contribution in [0.1, 0.15) is 74.8 Å². The smallest absolute Gasteiger partial charge is 0.224 e. The molecule has 4 rings (SSSR count). The third kappa shape index (κ3) is 8.28. The predicted octanol–water partition coefficient (Wildman–Crippen LogP) is 4.96. The standard InChI is InChI=1S/C33H38N4O6/c1-20(2)13-23(15-29(39)27-16-24-25(36-27)8-6-10-31(24)42-3)33(41)37-26(14-22-7-4-5-9-28(22)38)30(40)19-43-32-12-11-21(17-34)18-35-32/h6,8,10-12,16,18,20,22-23,26,36H,4-5,7,9,13-15,19H2,1-3H3,(H,37,41)/t22-,23+,26-/m0/s1. The number of fused-ring (bicyclic) bond motifs is 1. The Morgan fingerprint density at radius 3 is 2.67 bits per heavy atom. The number of aromatic amines is 1. The Bertz CT molecular complexity index is 1500. The molecule has 2 aromatic heterocycles. The highest BCUT2D eigenvalue weighted by Gasteiger charge is 2.33. The van der Waals surface area contributed by atoms with E-state index in [0.29, 0.717) is 36.3 Å². The maximum Gasteiger partial charge on any atom is 0.224 e. The van der Waals surface area contributed by atoms with Crippen LogP contribution in [-0.4, -0.2) is 53.0 Å². The molecule has 0 bridgehead atoms. The quantitative estimate of drug-likeness (QED) is 0.252. The zero-order chi connectivity index (χ0) is 30.9. The van der Waals surface area contributed by atoms with Crippen molar-refractivity contribution in [1.29, 1.82) is 5.26 Å². The van der Waals surface area contributed by atoms with Crippen molar-refractivity contribution in [2.75, 3.05) is 13.7 Å². The number of nitrogens with one attached hydrogen (secondary N) is 2. The Labute approximate surface area is 251 Å². The summed E-state index contributed by atoms with van der Waals surface area (Å²) in [5.74, 6) is -1.02. The van der Waals surface area contributed by atoms with Gasteiger partial charge >= 0.3 is 0 Å². The topological polar surface area (TPSA) is 151 Å². The number of nitriles is 1. The number of nitrogens with zero attached hydrogens (tertiary/aromatic N) is 2. The van der Waals surface area contributed by atoms with E-state index < -0.39 is 23.7 Å². The van der Waals surface area contributed by atoms with Crippen molar-refractivity contribution in [3.8, 4) is 17.7 Å². The molecule has 2 heterocycles. The van der Waals surface area contributed by atoms with Crippen LogP contribution in [-0.2, 0) is 14.4 Å². The van der Waals surface area contributed by atoms with Crippen molar-refractivity contribution in [3.05, 3.63) is 53.9 Å². The fourth-order valence-corrected chi connectivity index (χ4v) is 5.57. The number of amides is 1. The number of carbonyl (C=O) groups is 4. The molecule has 226 valence electrons. The zero-order valence-electron chi connectivity index (χ0n) is 24.9. The molecule has 1 fully saturated rings. The molecular weight excluding hydrogens is 548 g/mol. The summed E-state index contributed by atoms with van der Waals surface area (Å²) in [5, 5.41) is 12.6. The molecule has 0 aliphatic heterocycles. The van der Waals surface area contributed by atoms with Gasteiger partial charge in [0, 0.05) is 47.8 Å². The number of ether oxygens (including phenoxy) is 2. The van der Waals surface area contributed by atoms with Crippen LogP contribution in [0.25, 0.3) is 10.9 Å². The highest BCUT2D eigenvalue weighted by molar-refractivity contribution is 6.02. The molecule has 1 aliphatic carbocycles. The maximum absolute atomic E-state index is 13.7. The van der Waals surface area contributed by atoms with Gasteiger partial charge in [-0.25, -0.2) is 4.98 Å². The van der Waals surface area contributed by atoms with E-state index in [4.69, 9.17) is 14.7 Å². The van der Waals surface area contributed by atoms with Gasteiger partial charge in [-0.15, -0.1) is 0 Å². The van der Waals surface area contributed by atoms with Crippen molar-refractivity contribution >= 4 is 34.2 Å². The molecule has 43 heavy (non-hydrogen) atoms. The van der Waals surface area contributed by atoms with Crippen LogP contribution in [0.4, 0.5) is 0 Å². The second-order valence-electron chi connectivity index (χ2n) is 11.5. The van der Waals surface area contributed by atoms with E-state index in [1.54, 1.807) is 13.2 Å². The monoisotopic (exact) mass is 586 g/mol. The van der Waals surface area contributed by atoms with E-state index in [2.05, 4.69) is 15.3 Å². The van der Waals surface area contributed by atoms with Gasteiger partial charge in [-0.3, -0.25) is 19.2 Å². The van der Waals surface area contributed by atoms with Gasteiger partial charge in [-0.1, -0.05) is 26.3 Å². The Balaban J connectivity index is 1.50. The normalized spacial score (nSPS) is 16.3. The molecule has 0 saturated heterocycles.